The summed E-state index contributed by atoms with van der Waals surface area (Å²) in [4.78, 5) is 24.5. The first-order valence-corrected chi connectivity index (χ1v) is 12.6. The maximum absolute atomic E-state index is 12.5. The molecule has 0 aliphatic heterocycles. The monoisotopic (exact) mass is 495 g/mol. The van der Waals surface area contributed by atoms with E-state index in [9.17, 15) is 18.0 Å². The van der Waals surface area contributed by atoms with Crippen molar-refractivity contribution in [2.75, 3.05) is 18.4 Å². The summed E-state index contributed by atoms with van der Waals surface area (Å²) in [5.41, 5.74) is 0.464. The van der Waals surface area contributed by atoms with Crippen LogP contribution in [0.1, 0.15) is 31.1 Å². The second-order valence-corrected chi connectivity index (χ2v) is 10.6. The van der Waals surface area contributed by atoms with Crippen LogP contribution in [0.4, 0.5) is 5.69 Å². The van der Waals surface area contributed by atoms with E-state index in [1.54, 1.807) is 48.5 Å². The molecule has 0 aliphatic rings. The Balaban J connectivity index is 1.46. The normalized spacial score (nSPS) is 11.5. The first kappa shape index (κ1) is 25.9. The summed E-state index contributed by atoms with van der Waals surface area (Å²) in [6.45, 7) is 5.57. The van der Waals surface area contributed by atoms with Crippen molar-refractivity contribution in [1.29, 1.82) is 0 Å². The summed E-state index contributed by atoms with van der Waals surface area (Å²) in [6.07, 6.45) is 0. The van der Waals surface area contributed by atoms with E-state index in [0.29, 0.717) is 22.7 Å². The van der Waals surface area contributed by atoms with E-state index >= 15 is 0 Å². The maximum Gasteiger partial charge on any atom is 0.251 e. The predicted octanol–water partition coefficient (Wildman–Crippen LogP) is 4.17. The van der Waals surface area contributed by atoms with Gasteiger partial charge in [0.1, 0.15) is 11.5 Å². The molecule has 35 heavy (non-hydrogen) atoms. The second kappa shape index (κ2) is 11.2. The molecular weight excluding hydrogens is 466 g/mol. The highest BCUT2D eigenvalue weighted by Crippen LogP contribution is 2.22. The molecule has 0 atom stereocenters. The number of hydrogen-bond donors (Lipinski definition) is 3. The number of amides is 2. The number of sulfonamides is 1. The van der Waals surface area contributed by atoms with Gasteiger partial charge in [-0.3, -0.25) is 9.59 Å². The number of anilines is 1. The maximum atomic E-state index is 12.5. The van der Waals surface area contributed by atoms with Crippen molar-refractivity contribution in [3.8, 4) is 11.5 Å². The zero-order valence-corrected chi connectivity index (χ0v) is 20.7. The standard InChI is InChI=1S/C26H29N3O5S/c1-26(2,3)25(31)29-20-11-9-19(10-12-20)24(30)27-17-18-28-35(32,33)23-15-13-22(14-16-23)34-21-7-5-4-6-8-21/h4-16,28H,17-18H2,1-3H3,(H,27,30)(H,29,31). The Morgan fingerprint density at radius 1 is 0.800 bits per heavy atom. The predicted molar refractivity (Wildman–Crippen MR) is 135 cm³/mol. The van der Waals surface area contributed by atoms with E-state index in [0.717, 1.165) is 0 Å². The van der Waals surface area contributed by atoms with Crippen molar-refractivity contribution in [2.45, 2.75) is 25.7 Å². The van der Waals surface area contributed by atoms with Crippen LogP contribution in [0.25, 0.3) is 0 Å². The summed E-state index contributed by atoms with van der Waals surface area (Å²) >= 11 is 0. The molecule has 0 aliphatic carbocycles. The molecule has 8 nitrogen and oxygen atoms in total. The van der Waals surface area contributed by atoms with E-state index in [-0.39, 0.29) is 29.8 Å². The Kier molecular flexibility index (Phi) is 8.26. The molecule has 0 aromatic heterocycles. The summed E-state index contributed by atoms with van der Waals surface area (Å²) < 4.78 is 33.2. The van der Waals surface area contributed by atoms with Gasteiger partial charge in [0.05, 0.1) is 4.90 Å². The van der Waals surface area contributed by atoms with Crippen LogP contribution in [-0.4, -0.2) is 33.3 Å². The number of benzene rings is 3. The fourth-order valence-corrected chi connectivity index (χ4v) is 3.91. The van der Waals surface area contributed by atoms with Gasteiger partial charge in [-0.15, -0.1) is 0 Å². The average Bonchev–Trinajstić information content (AvgIpc) is 2.82. The first-order valence-electron chi connectivity index (χ1n) is 11.1. The van der Waals surface area contributed by atoms with Crippen molar-refractivity contribution in [1.82, 2.24) is 10.0 Å². The third-order valence-corrected chi connectivity index (χ3v) is 6.38. The summed E-state index contributed by atoms with van der Waals surface area (Å²) in [7, 11) is -3.74. The zero-order chi connectivity index (χ0) is 25.5. The Labute approximate surface area is 205 Å². The van der Waals surface area contributed by atoms with Crippen LogP contribution in [0.2, 0.25) is 0 Å². The molecule has 0 spiro atoms. The molecule has 3 aromatic carbocycles. The van der Waals surface area contributed by atoms with Crippen LogP contribution in [0.15, 0.2) is 83.8 Å². The molecule has 0 radical (unpaired) electrons. The Morgan fingerprint density at radius 3 is 2.00 bits per heavy atom. The van der Waals surface area contributed by atoms with Crippen LogP contribution < -0.4 is 20.1 Å². The van der Waals surface area contributed by atoms with Gasteiger partial charge in [-0.05, 0) is 60.7 Å². The van der Waals surface area contributed by atoms with E-state index in [4.69, 9.17) is 4.74 Å². The fourth-order valence-electron chi connectivity index (χ4n) is 2.88. The van der Waals surface area contributed by atoms with Gasteiger partial charge in [-0.25, -0.2) is 13.1 Å². The van der Waals surface area contributed by atoms with Crippen LogP contribution in [-0.2, 0) is 14.8 Å². The lowest BCUT2D eigenvalue weighted by atomic mass is 9.95. The molecule has 3 N–H and O–H groups in total. The molecule has 0 heterocycles. The minimum atomic E-state index is -3.74. The highest BCUT2D eigenvalue weighted by molar-refractivity contribution is 7.89. The molecule has 9 heteroatoms. The van der Waals surface area contributed by atoms with Gasteiger partial charge < -0.3 is 15.4 Å². The van der Waals surface area contributed by atoms with Crippen molar-refractivity contribution in [2.24, 2.45) is 5.41 Å². The van der Waals surface area contributed by atoms with Crippen molar-refractivity contribution in [3.63, 3.8) is 0 Å². The number of hydrogen-bond acceptors (Lipinski definition) is 5. The topological polar surface area (TPSA) is 114 Å². The number of nitrogens with one attached hydrogen (secondary N) is 3. The smallest absolute Gasteiger partial charge is 0.251 e. The minimum Gasteiger partial charge on any atom is -0.457 e. The molecule has 0 saturated carbocycles. The number of carbonyl (C=O) groups excluding carboxylic acids is 2. The molecule has 0 saturated heterocycles. The van der Waals surface area contributed by atoms with E-state index in [1.165, 1.54) is 12.1 Å². The third-order valence-electron chi connectivity index (χ3n) is 4.90. The van der Waals surface area contributed by atoms with Gasteiger partial charge >= 0.3 is 0 Å². The number of carbonyl (C=O) groups is 2. The minimum absolute atomic E-state index is 0.0239. The summed E-state index contributed by atoms with van der Waals surface area (Å²) in [5, 5.41) is 5.46. The van der Waals surface area contributed by atoms with Crippen LogP contribution in [0, 0.1) is 5.41 Å². The van der Waals surface area contributed by atoms with E-state index in [1.807, 2.05) is 39.0 Å². The molecular formula is C26H29N3O5S. The molecule has 3 rings (SSSR count). The van der Waals surface area contributed by atoms with Gasteiger partial charge in [0.25, 0.3) is 5.91 Å². The van der Waals surface area contributed by atoms with Crippen molar-refractivity contribution in [3.05, 3.63) is 84.4 Å². The molecule has 0 unspecified atom stereocenters. The quantitative estimate of drug-likeness (QED) is 0.386. The average molecular weight is 496 g/mol. The molecule has 184 valence electrons. The van der Waals surface area contributed by atoms with Gasteiger partial charge in [0.2, 0.25) is 15.9 Å². The van der Waals surface area contributed by atoms with Crippen molar-refractivity contribution < 1.29 is 22.7 Å². The highest BCUT2D eigenvalue weighted by atomic mass is 32.2. The lowest BCUT2D eigenvalue weighted by Gasteiger charge is -2.17. The van der Waals surface area contributed by atoms with Gasteiger partial charge in [-0.2, -0.15) is 0 Å². The molecule has 0 fully saturated rings. The molecule has 2 amide bonds. The van der Waals surface area contributed by atoms with Crippen LogP contribution in [0.5, 0.6) is 11.5 Å². The summed E-state index contributed by atoms with van der Waals surface area (Å²) in [6, 6.07) is 21.7. The lowest BCUT2D eigenvalue weighted by molar-refractivity contribution is -0.123. The van der Waals surface area contributed by atoms with E-state index < -0.39 is 15.4 Å². The first-order chi connectivity index (χ1) is 16.5. The third kappa shape index (κ3) is 7.66. The van der Waals surface area contributed by atoms with Gasteiger partial charge in [0.15, 0.2) is 0 Å². The van der Waals surface area contributed by atoms with E-state index in [2.05, 4.69) is 15.4 Å². The zero-order valence-electron chi connectivity index (χ0n) is 19.9. The molecule has 3 aromatic rings. The Bertz CT molecular complexity index is 1250. The Morgan fingerprint density at radius 2 is 1.40 bits per heavy atom. The second-order valence-electron chi connectivity index (χ2n) is 8.82. The van der Waals surface area contributed by atoms with Gasteiger partial charge in [0, 0.05) is 29.8 Å². The fraction of sp³-hybridized carbons (Fsp3) is 0.231. The number of rotatable bonds is 9. The SMILES string of the molecule is CC(C)(C)C(=O)Nc1ccc(C(=O)NCCNS(=O)(=O)c2ccc(Oc3ccccc3)cc2)cc1. The lowest BCUT2D eigenvalue weighted by Crippen LogP contribution is -2.34. The van der Waals surface area contributed by atoms with Crippen molar-refractivity contribution >= 4 is 27.5 Å². The Hall–Kier alpha value is -3.69. The molecule has 0 bridgehead atoms. The summed E-state index contributed by atoms with van der Waals surface area (Å²) in [5.74, 6) is 0.702. The largest absolute Gasteiger partial charge is 0.457 e. The van der Waals surface area contributed by atoms with Gasteiger partial charge in [-0.1, -0.05) is 39.0 Å². The van der Waals surface area contributed by atoms with Crippen LogP contribution in [0.3, 0.4) is 0 Å². The number of ether oxygens (including phenoxy) is 1. The van der Waals surface area contributed by atoms with Crippen LogP contribution >= 0.6 is 0 Å². The number of para-hydroxylation sites is 1. The highest BCUT2D eigenvalue weighted by Gasteiger charge is 2.21.